The predicted octanol–water partition coefficient (Wildman–Crippen LogP) is 2.95. The number of aromatic nitrogens is 1. The van der Waals surface area contributed by atoms with Crippen molar-refractivity contribution in [3.05, 3.63) is 41.0 Å². The largest absolute Gasteiger partial charge is 0.245 e. The molecule has 0 saturated carbocycles. The molecular weight excluding hydrogens is 173 g/mol. The van der Waals surface area contributed by atoms with Crippen LogP contribution in [-0.2, 0) is 0 Å². The topological polar surface area (TPSA) is 12.9 Å². The standard InChI is InChI=1S/C9H6FNS/c10-8-4-2-1-3-7(8)9-5-12-6-11-9/h1-6H. The van der Waals surface area contributed by atoms with Gasteiger partial charge in [0.1, 0.15) is 5.82 Å². The van der Waals surface area contributed by atoms with Crippen molar-refractivity contribution in [1.82, 2.24) is 4.98 Å². The van der Waals surface area contributed by atoms with Gasteiger partial charge < -0.3 is 0 Å². The third kappa shape index (κ3) is 1.23. The molecule has 0 fully saturated rings. The Hall–Kier alpha value is -1.22. The molecule has 0 radical (unpaired) electrons. The zero-order valence-corrected chi connectivity index (χ0v) is 7.01. The fraction of sp³-hybridized carbons (Fsp3) is 0. The predicted molar refractivity (Wildman–Crippen MR) is 47.5 cm³/mol. The maximum atomic E-state index is 13.1. The maximum absolute atomic E-state index is 13.1. The Morgan fingerprint density at radius 3 is 2.75 bits per heavy atom. The first kappa shape index (κ1) is 7.43. The Morgan fingerprint density at radius 1 is 1.25 bits per heavy atom. The van der Waals surface area contributed by atoms with Crippen LogP contribution in [-0.4, -0.2) is 4.98 Å². The molecule has 2 aromatic rings. The van der Waals surface area contributed by atoms with Gasteiger partial charge in [-0.15, -0.1) is 11.3 Å². The van der Waals surface area contributed by atoms with Gasteiger partial charge in [0.15, 0.2) is 0 Å². The molecule has 3 heteroatoms. The average molecular weight is 179 g/mol. The molecule has 0 unspecified atom stereocenters. The van der Waals surface area contributed by atoms with Gasteiger partial charge in [0, 0.05) is 10.9 Å². The van der Waals surface area contributed by atoms with Gasteiger partial charge in [-0.3, -0.25) is 0 Å². The van der Waals surface area contributed by atoms with Gasteiger partial charge in [0.25, 0.3) is 0 Å². The van der Waals surface area contributed by atoms with Crippen molar-refractivity contribution in [3.63, 3.8) is 0 Å². The number of benzene rings is 1. The summed E-state index contributed by atoms with van der Waals surface area (Å²) >= 11 is 1.47. The zero-order chi connectivity index (χ0) is 8.39. The zero-order valence-electron chi connectivity index (χ0n) is 6.20. The molecule has 1 aromatic carbocycles. The lowest BCUT2D eigenvalue weighted by Gasteiger charge is -1.96. The van der Waals surface area contributed by atoms with Crippen LogP contribution in [0.25, 0.3) is 11.3 Å². The highest BCUT2D eigenvalue weighted by Gasteiger charge is 2.03. The summed E-state index contributed by atoms with van der Waals surface area (Å²) in [5.41, 5.74) is 2.97. The Kier molecular flexibility index (Phi) is 1.87. The van der Waals surface area contributed by atoms with E-state index in [1.54, 1.807) is 23.7 Å². The molecule has 1 heterocycles. The molecule has 0 amide bonds. The Labute approximate surface area is 73.5 Å². The van der Waals surface area contributed by atoms with E-state index in [1.807, 2.05) is 5.38 Å². The Bertz CT molecular complexity index is 370. The monoisotopic (exact) mass is 179 g/mol. The van der Waals surface area contributed by atoms with E-state index >= 15 is 0 Å². The smallest absolute Gasteiger partial charge is 0.132 e. The summed E-state index contributed by atoms with van der Waals surface area (Å²) in [7, 11) is 0. The van der Waals surface area contributed by atoms with Gasteiger partial charge in [0.05, 0.1) is 11.2 Å². The van der Waals surface area contributed by atoms with E-state index in [4.69, 9.17) is 0 Å². The Balaban J connectivity index is 2.55. The van der Waals surface area contributed by atoms with E-state index in [-0.39, 0.29) is 5.82 Å². The summed E-state index contributed by atoms with van der Waals surface area (Å²) in [5, 5.41) is 1.83. The minimum atomic E-state index is -0.219. The van der Waals surface area contributed by atoms with E-state index in [2.05, 4.69) is 4.98 Å². The fourth-order valence-corrected chi connectivity index (χ4v) is 1.57. The molecule has 0 spiro atoms. The van der Waals surface area contributed by atoms with Gasteiger partial charge >= 0.3 is 0 Å². The first-order valence-corrected chi connectivity index (χ1v) is 4.45. The van der Waals surface area contributed by atoms with Crippen LogP contribution >= 0.6 is 11.3 Å². The third-order valence-corrected chi connectivity index (χ3v) is 2.17. The number of thiazole rings is 1. The van der Waals surface area contributed by atoms with Crippen molar-refractivity contribution in [2.24, 2.45) is 0 Å². The average Bonchev–Trinajstić information content (AvgIpc) is 2.57. The van der Waals surface area contributed by atoms with E-state index in [1.165, 1.54) is 17.4 Å². The first-order chi connectivity index (χ1) is 5.88. The van der Waals surface area contributed by atoms with Crippen molar-refractivity contribution < 1.29 is 4.39 Å². The van der Waals surface area contributed by atoms with Crippen LogP contribution in [0.3, 0.4) is 0 Å². The summed E-state index contributed by atoms with van der Waals surface area (Å²) < 4.78 is 13.1. The number of hydrogen-bond acceptors (Lipinski definition) is 2. The molecule has 0 saturated heterocycles. The lowest BCUT2D eigenvalue weighted by atomic mass is 10.2. The number of rotatable bonds is 1. The summed E-state index contributed by atoms with van der Waals surface area (Å²) in [6.45, 7) is 0. The highest BCUT2D eigenvalue weighted by atomic mass is 32.1. The molecule has 1 aromatic heterocycles. The molecule has 60 valence electrons. The molecular formula is C9H6FNS. The lowest BCUT2D eigenvalue weighted by Crippen LogP contribution is -1.81. The second-order valence-electron chi connectivity index (χ2n) is 2.35. The number of nitrogens with zero attached hydrogens (tertiary/aromatic N) is 1. The van der Waals surface area contributed by atoms with E-state index in [0.29, 0.717) is 11.3 Å². The molecule has 12 heavy (non-hydrogen) atoms. The maximum Gasteiger partial charge on any atom is 0.132 e. The van der Waals surface area contributed by atoms with Crippen LogP contribution in [0.2, 0.25) is 0 Å². The quantitative estimate of drug-likeness (QED) is 0.655. The second kappa shape index (κ2) is 3.03. The van der Waals surface area contributed by atoms with Gasteiger partial charge in [-0.1, -0.05) is 12.1 Å². The summed E-state index contributed by atoms with van der Waals surface area (Å²) in [6, 6.07) is 6.64. The summed E-state index contributed by atoms with van der Waals surface area (Å²) in [4.78, 5) is 4.03. The van der Waals surface area contributed by atoms with E-state index in [0.717, 1.165) is 0 Å². The number of halogens is 1. The van der Waals surface area contributed by atoms with Crippen LogP contribution in [0.15, 0.2) is 35.2 Å². The van der Waals surface area contributed by atoms with Crippen molar-refractivity contribution in [3.8, 4) is 11.3 Å². The van der Waals surface area contributed by atoms with Crippen LogP contribution in [0.5, 0.6) is 0 Å². The van der Waals surface area contributed by atoms with Gasteiger partial charge in [-0.05, 0) is 12.1 Å². The molecule has 1 nitrogen and oxygen atoms in total. The molecule has 0 atom stereocenters. The van der Waals surface area contributed by atoms with Crippen LogP contribution in [0, 0.1) is 5.82 Å². The van der Waals surface area contributed by atoms with Crippen LogP contribution in [0.1, 0.15) is 0 Å². The molecule has 2 rings (SSSR count). The van der Waals surface area contributed by atoms with Crippen LogP contribution in [0.4, 0.5) is 4.39 Å². The van der Waals surface area contributed by atoms with E-state index < -0.39 is 0 Å². The minimum absolute atomic E-state index is 0.219. The van der Waals surface area contributed by atoms with Gasteiger partial charge in [-0.2, -0.15) is 0 Å². The van der Waals surface area contributed by atoms with Crippen molar-refractivity contribution >= 4 is 11.3 Å². The summed E-state index contributed by atoms with van der Waals surface area (Å²) in [5.74, 6) is -0.219. The normalized spacial score (nSPS) is 10.1. The molecule has 0 bridgehead atoms. The van der Waals surface area contributed by atoms with Crippen LogP contribution < -0.4 is 0 Å². The first-order valence-electron chi connectivity index (χ1n) is 3.51. The minimum Gasteiger partial charge on any atom is -0.245 e. The number of hydrogen-bond donors (Lipinski definition) is 0. The molecule has 0 aliphatic rings. The highest BCUT2D eigenvalue weighted by molar-refractivity contribution is 7.07. The van der Waals surface area contributed by atoms with E-state index in [9.17, 15) is 4.39 Å². The van der Waals surface area contributed by atoms with Gasteiger partial charge in [-0.25, -0.2) is 9.37 Å². The van der Waals surface area contributed by atoms with Crippen molar-refractivity contribution in [2.45, 2.75) is 0 Å². The fourth-order valence-electron chi connectivity index (χ4n) is 1.01. The van der Waals surface area contributed by atoms with Crippen molar-refractivity contribution in [2.75, 3.05) is 0 Å². The van der Waals surface area contributed by atoms with Crippen molar-refractivity contribution in [1.29, 1.82) is 0 Å². The molecule has 0 aliphatic heterocycles. The SMILES string of the molecule is Fc1ccccc1-c1cscn1. The summed E-state index contributed by atoms with van der Waals surface area (Å²) in [6.07, 6.45) is 0. The third-order valence-electron chi connectivity index (χ3n) is 1.58. The molecule has 0 N–H and O–H groups in total. The second-order valence-corrected chi connectivity index (χ2v) is 3.07. The lowest BCUT2D eigenvalue weighted by molar-refractivity contribution is 0.631. The molecule has 0 aliphatic carbocycles. The van der Waals surface area contributed by atoms with Gasteiger partial charge in [0.2, 0.25) is 0 Å². The highest BCUT2D eigenvalue weighted by Crippen LogP contribution is 2.21. The Morgan fingerprint density at radius 2 is 2.08 bits per heavy atom.